The van der Waals surface area contributed by atoms with E-state index in [1.54, 1.807) is 14.2 Å². The number of guanidine groups is 1. The molecule has 1 aromatic carbocycles. The van der Waals surface area contributed by atoms with Crippen LogP contribution in [0.4, 0.5) is 0 Å². The first-order valence-corrected chi connectivity index (χ1v) is 10.6. The molecular weight excluding hydrogens is 364 g/mol. The minimum absolute atomic E-state index is 0.0247. The van der Waals surface area contributed by atoms with Crippen LogP contribution in [0, 0.1) is 11.3 Å². The minimum Gasteiger partial charge on any atom is -0.378 e. The summed E-state index contributed by atoms with van der Waals surface area (Å²) in [7, 11) is 3.58. The van der Waals surface area contributed by atoms with E-state index in [4.69, 9.17) is 4.74 Å². The van der Waals surface area contributed by atoms with Crippen molar-refractivity contribution >= 4 is 11.9 Å². The average molecular weight is 401 g/mol. The zero-order valence-corrected chi connectivity index (χ0v) is 18.5. The summed E-state index contributed by atoms with van der Waals surface area (Å²) < 4.78 is 5.71. The molecule has 1 saturated carbocycles. The molecular formula is C23H36N4O2. The molecule has 29 heavy (non-hydrogen) atoms. The summed E-state index contributed by atoms with van der Waals surface area (Å²) in [6, 6.07) is 10.7. The fourth-order valence-electron chi connectivity index (χ4n) is 4.44. The second kappa shape index (κ2) is 8.74. The van der Waals surface area contributed by atoms with Crippen molar-refractivity contribution in [1.29, 1.82) is 0 Å². The molecule has 6 nitrogen and oxygen atoms in total. The molecule has 1 aliphatic carbocycles. The van der Waals surface area contributed by atoms with E-state index >= 15 is 0 Å². The van der Waals surface area contributed by atoms with Crippen LogP contribution in [0.3, 0.4) is 0 Å². The summed E-state index contributed by atoms with van der Waals surface area (Å²) in [5, 5.41) is 6.96. The SMILES string of the molecule is CN=C(NCC1CC(=O)N(CCc2ccccc2)C1)NC1CC(C)(OC)C1(C)C. The Morgan fingerprint density at radius 3 is 2.62 bits per heavy atom. The maximum Gasteiger partial charge on any atom is 0.223 e. The van der Waals surface area contributed by atoms with Crippen molar-refractivity contribution in [3.8, 4) is 0 Å². The number of aliphatic imine (C=N–C) groups is 1. The number of nitrogens with zero attached hydrogens (tertiary/aromatic N) is 2. The second-order valence-corrected chi connectivity index (χ2v) is 9.16. The van der Waals surface area contributed by atoms with Gasteiger partial charge in [-0.05, 0) is 25.3 Å². The summed E-state index contributed by atoms with van der Waals surface area (Å²) in [5.74, 6) is 1.37. The molecule has 2 aliphatic rings. The molecule has 1 aliphatic heterocycles. The van der Waals surface area contributed by atoms with E-state index in [9.17, 15) is 4.79 Å². The van der Waals surface area contributed by atoms with Gasteiger partial charge in [-0.3, -0.25) is 9.79 Å². The molecule has 3 rings (SSSR count). The van der Waals surface area contributed by atoms with Gasteiger partial charge in [0.2, 0.25) is 5.91 Å². The van der Waals surface area contributed by atoms with Crippen LogP contribution in [-0.2, 0) is 16.0 Å². The lowest BCUT2D eigenvalue weighted by Crippen LogP contribution is -2.69. The van der Waals surface area contributed by atoms with E-state index in [1.807, 2.05) is 23.1 Å². The van der Waals surface area contributed by atoms with Crippen molar-refractivity contribution in [2.75, 3.05) is 33.8 Å². The standard InChI is InChI=1S/C23H36N4O2/c1-22(2)19(14-23(22,3)29-5)26-21(24-4)25-15-18-13-20(28)27(16-18)12-11-17-9-7-6-8-10-17/h6-10,18-19H,11-16H2,1-5H3,(H2,24,25,26). The highest BCUT2D eigenvalue weighted by molar-refractivity contribution is 5.81. The lowest BCUT2D eigenvalue weighted by molar-refractivity contribution is -0.176. The van der Waals surface area contributed by atoms with Gasteiger partial charge in [-0.2, -0.15) is 0 Å². The minimum atomic E-state index is -0.110. The maximum absolute atomic E-state index is 12.4. The van der Waals surface area contributed by atoms with Crippen LogP contribution in [0.5, 0.6) is 0 Å². The number of amides is 1. The summed E-state index contributed by atoms with van der Waals surface area (Å²) in [5.41, 5.74) is 1.19. The molecule has 0 bridgehead atoms. The first-order valence-electron chi connectivity index (χ1n) is 10.6. The first-order chi connectivity index (χ1) is 13.8. The molecule has 0 spiro atoms. The molecule has 160 valence electrons. The van der Waals surface area contributed by atoms with Crippen LogP contribution in [-0.4, -0.2) is 62.2 Å². The van der Waals surface area contributed by atoms with Gasteiger partial charge < -0.3 is 20.3 Å². The number of ether oxygens (including phenoxy) is 1. The fraction of sp³-hybridized carbons (Fsp3) is 0.652. The van der Waals surface area contributed by atoms with Crippen LogP contribution < -0.4 is 10.6 Å². The quantitative estimate of drug-likeness (QED) is 0.545. The zero-order chi connectivity index (χ0) is 21.1. The first kappa shape index (κ1) is 21.6. The van der Waals surface area contributed by atoms with Gasteiger partial charge >= 0.3 is 0 Å². The van der Waals surface area contributed by atoms with E-state index in [0.717, 1.165) is 38.4 Å². The Hall–Kier alpha value is -2.08. The summed E-state index contributed by atoms with van der Waals surface area (Å²) in [6.45, 7) is 8.97. The normalized spacial score (nSPS) is 28.9. The highest BCUT2D eigenvalue weighted by Crippen LogP contribution is 2.51. The summed E-state index contributed by atoms with van der Waals surface area (Å²) in [4.78, 5) is 18.8. The molecule has 3 atom stereocenters. The molecule has 1 aromatic rings. The summed E-state index contributed by atoms with van der Waals surface area (Å²) in [6.07, 6.45) is 2.47. The van der Waals surface area contributed by atoms with Gasteiger partial charge in [-0.25, -0.2) is 0 Å². The molecule has 2 fully saturated rings. The third kappa shape index (κ3) is 4.58. The monoisotopic (exact) mass is 400 g/mol. The number of methoxy groups -OCH3 is 1. The van der Waals surface area contributed by atoms with Crippen LogP contribution in [0.15, 0.2) is 35.3 Å². The number of carbonyl (C=O) groups is 1. The Morgan fingerprint density at radius 2 is 2.00 bits per heavy atom. The number of benzene rings is 1. The topological polar surface area (TPSA) is 66.0 Å². The van der Waals surface area contributed by atoms with Crippen molar-refractivity contribution in [2.24, 2.45) is 16.3 Å². The maximum atomic E-state index is 12.4. The number of hydrogen-bond donors (Lipinski definition) is 2. The van der Waals surface area contributed by atoms with Crippen molar-refractivity contribution in [3.05, 3.63) is 35.9 Å². The van der Waals surface area contributed by atoms with Gasteiger partial charge in [0.05, 0.1) is 5.60 Å². The molecule has 3 unspecified atom stereocenters. The predicted molar refractivity (Wildman–Crippen MR) is 117 cm³/mol. The molecule has 1 amide bonds. The summed E-state index contributed by atoms with van der Waals surface area (Å²) >= 11 is 0. The molecule has 6 heteroatoms. The van der Waals surface area contributed by atoms with E-state index in [2.05, 4.69) is 48.5 Å². The van der Waals surface area contributed by atoms with Gasteiger partial charge in [0, 0.05) is 57.6 Å². The lowest BCUT2D eigenvalue weighted by atomic mass is 9.56. The Balaban J connectivity index is 1.44. The smallest absolute Gasteiger partial charge is 0.223 e. The van der Waals surface area contributed by atoms with Gasteiger partial charge in [0.15, 0.2) is 5.96 Å². The van der Waals surface area contributed by atoms with Crippen LogP contribution in [0.2, 0.25) is 0 Å². The number of rotatable bonds is 7. The Kier molecular flexibility index (Phi) is 6.52. The Labute approximate surface area is 175 Å². The van der Waals surface area contributed by atoms with Crippen molar-refractivity contribution in [3.63, 3.8) is 0 Å². The lowest BCUT2D eigenvalue weighted by Gasteiger charge is -2.59. The second-order valence-electron chi connectivity index (χ2n) is 9.16. The van der Waals surface area contributed by atoms with Gasteiger partial charge in [0.25, 0.3) is 0 Å². The Bertz CT molecular complexity index is 734. The zero-order valence-electron chi connectivity index (χ0n) is 18.5. The molecule has 0 aromatic heterocycles. The molecule has 1 saturated heterocycles. The van der Waals surface area contributed by atoms with Crippen molar-refractivity contribution in [1.82, 2.24) is 15.5 Å². The van der Waals surface area contributed by atoms with Gasteiger partial charge in [-0.15, -0.1) is 0 Å². The molecule has 2 N–H and O–H groups in total. The highest BCUT2D eigenvalue weighted by Gasteiger charge is 2.58. The van der Waals surface area contributed by atoms with E-state index in [-0.39, 0.29) is 16.9 Å². The Morgan fingerprint density at radius 1 is 1.28 bits per heavy atom. The van der Waals surface area contributed by atoms with Gasteiger partial charge in [-0.1, -0.05) is 44.2 Å². The number of nitrogens with one attached hydrogen (secondary N) is 2. The fourth-order valence-corrected chi connectivity index (χ4v) is 4.44. The number of likely N-dealkylation sites (tertiary alicyclic amines) is 1. The average Bonchev–Trinajstić information content (AvgIpc) is 3.08. The van der Waals surface area contributed by atoms with E-state index < -0.39 is 0 Å². The molecule has 0 radical (unpaired) electrons. The molecule has 1 heterocycles. The number of hydrogen-bond acceptors (Lipinski definition) is 3. The predicted octanol–water partition coefficient (Wildman–Crippen LogP) is 2.45. The van der Waals surface area contributed by atoms with Crippen LogP contribution in [0.1, 0.15) is 39.2 Å². The van der Waals surface area contributed by atoms with E-state index in [1.165, 1.54) is 5.56 Å². The van der Waals surface area contributed by atoms with Crippen LogP contribution >= 0.6 is 0 Å². The van der Waals surface area contributed by atoms with Crippen molar-refractivity contribution < 1.29 is 9.53 Å². The third-order valence-corrected chi connectivity index (χ3v) is 7.18. The van der Waals surface area contributed by atoms with Gasteiger partial charge in [0.1, 0.15) is 0 Å². The number of carbonyl (C=O) groups excluding carboxylic acids is 1. The highest BCUT2D eigenvalue weighted by atomic mass is 16.5. The van der Waals surface area contributed by atoms with Crippen LogP contribution in [0.25, 0.3) is 0 Å². The largest absolute Gasteiger partial charge is 0.378 e. The van der Waals surface area contributed by atoms with Crippen molar-refractivity contribution in [2.45, 2.75) is 51.7 Å². The van der Waals surface area contributed by atoms with E-state index in [0.29, 0.717) is 18.4 Å². The third-order valence-electron chi connectivity index (χ3n) is 7.18.